The van der Waals surface area contributed by atoms with Crippen molar-refractivity contribution in [1.29, 1.82) is 0 Å². The van der Waals surface area contributed by atoms with Crippen LogP contribution in [0.2, 0.25) is 0 Å². The molecule has 4 nitrogen and oxygen atoms in total. The van der Waals surface area contributed by atoms with Gasteiger partial charge in [0.25, 0.3) is 0 Å². The lowest BCUT2D eigenvalue weighted by atomic mass is 10.2. The number of nitrogens with zero attached hydrogens (tertiary/aromatic N) is 2. The highest BCUT2D eigenvalue weighted by Crippen LogP contribution is 2.27. The molecule has 0 aliphatic heterocycles. The average Bonchev–Trinajstić information content (AvgIpc) is 2.46. The van der Waals surface area contributed by atoms with Crippen LogP contribution in [0.1, 0.15) is 11.1 Å². The Balaban J connectivity index is 2.35. The van der Waals surface area contributed by atoms with E-state index in [1.54, 1.807) is 13.3 Å². The SMILES string of the molecule is COc1cccc(N(C)c2ncc(CO)cc2C)c1. The Morgan fingerprint density at radius 3 is 2.74 bits per heavy atom. The predicted molar refractivity (Wildman–Crippen MR) is 76.0 cm³/mol. The van der Waals surface area contributed by atoms with Crippen LogP contribution in [-0.4, -0.2) is 24.2 Å². The Labute approximate surface area is 113 Å². The van der Waals surface area contributed by atoms with Crippen molar-refractivity contribution in [2.24, 2.45) is 0 Å². The summed E-state index contributed by atoms with van der Waals surface area (Å²) in [7, 11) is 3.61. The zero-order chi connectivity index (χ0) is 13.8. The fourth-order valence-corrected chi connectivity index (χ4v) is 2.00. The molecular weight excluding hydrogens is 240 g/mol. The van der Waals surface area contributed by atoms with Gasteiger partial charge in [0.2, 0.25) is 0 Å². The van der Waals surface area contributed by atoms with Gasteiger partial charge in [0.05, 0.1) is 13.7 Å². The molecule has 0 fully saturated rings. The van der Waals surface area contributed by atoms with Crippen LogP contribution in [-0.2, 0) is 6.61 Å². The smallest absolute Gasteiger partial charge is 0.135 e. The van der Waals surface area contributed by atoms with E-state index in [1.165, 1.54) is 0 Å². The second-order valence-electron chi connectivity index (χ2n) is 4.40. The molecule has 0 spiro atoms. The van der Waals surface area contributed by atoms with Gasteiger partial charge in [0, 0.05) is 25.0 Å². The number of pyridine rings is 1. The normalized spacial score (nSPS) is 10.3. The van der Waals surface area contributed by atoms with Gasteiger partial charge in [-0.3, -0.25) is 0 Å². The second kappa shape index (κ2) is 5.71. The molecule has 2 rings (SSSR count). The molecule has 0 atom stereocenters. The molecule has 1 N–H and O–H groups in total. The van der Waals surface area contributed by atoms with Gasteiger partial charge in [-0.1, -0.05) is 6.07 Å². The number of aromatic nitrogens is 1. The number of aliphatic hydroxyl groups excluding tert-OH is 1. The van der Waals surface area contributed by atoms with Crippen molar-refractivity contribution in [1.82, 2.24) is 4.98 Å². The zero-order valence-electron chi connectivity index (χ0n) is 11.4. The van der Waals surface area contributed by atoms with E-state index in [-0.39, 0.29) is 6.61 Å². The predicted octanol–water partition coefficient (Wildman–Crippen LogP) is 2.66. The number of methoxy groups -OCH3 is 1. The van der Waals surface area contributed by atoms with E-state index in [1.807, 2.05) is 49.2 Å². The van der Waals surface area contributed by atoms with Crippen LogP contribution in [0.15, 0.2) is 36.5 Å². The van der Waals surface area contributed by atoms with E-state index in [2.05, 4.69) is 4.98 Å². The van der Waals surface area contributed by atoms with Crippen LogP contribution in [0, 0.1) is 6.92 Å². The topological polar surface area (TPSA) is 45.6 Å². The van der Waals surface area contributed by atoms with Crippen LogP contribution in [0.25, 0.3) is 0 Å². The standard InChI is InChI=1S/C15H18N2O2/c1-11-7-12(10-18)9-16-15(11)17(2)13-5-4-6-14(8-13)19-3/h4-9,18H,10H2,1-3H3. The van der Waals surface area contributed by atoms with Gasteiger partial charge < -0.3 is 14.7 Å². The van der Waals surface area contributed by atoms with Crippen LogP contribution in [0.5, 0.6) is 5.75 Å². The van der Waals surface area contributed by atoms with E-state index in [9.17, 15) is 0 Å². The van der Waals surface area contributed by atoms with Crippen LogP contribution in [0.4, 0.5) is 11.5 Å². The molecule has 19 heavy (non-hydrogen) atoms. The fourth-order valence-electron chi connectivity index (χ4n) is 2.00. The average molecular weight is 258 g/mol. The van der Waals surface area contributed by atoms with Crippen molar-refractivity contribution in [3.8, 4) is 5.75 Å². The summed E-state index contributed by atoms with van der Waals surface area (Å²) in [6, 6.07) is 9.76. The summed E-state index contributed by atoms with van der Waals surface area (Å²) in [4.78, 5) is 6.40. The highest BCUT2D eigenvalue weighted by Gasteiger charge is 2.09. The molecule has 0 bridgehead atoms. The first-order valence-electron chi connectivity index (χ1n) is 6.10. The third kappa shape index (κ3) is 2.85. The molecule has 1 aromatic carbocycles. The maximum atomic E-state index is 9.11. The summed E-state index contributed by atoms with van der Waals surface area (Å²) in [5.74, 6) is 1.68. The highest BCUT2D eigenvalue weighted by molar-refractivity contribution is 5.63. The summed E-state index contributed by atoms with van der Waals surface area (Å²) in [6.07, 6.45) is 1.69. The monoisotopic (exact) mass is 258 g/mol. The van der Waals surface area contributed by atoms with Crippen LogP contribution in [0.3, 0.4) is 0 Å². The third-order valence-electron chi connectivity index (χ3n) is 3.05. The van der Waals surface area contributed by atoms with Gasteiger partial charge in [0.1, 0.15) is 11.6 Å². The van der Waals surface area contributed by atoms with Gasteiger partial charge in [0.15, 0.2) is 0 Å². The quantitative estimate of drug-likeness (QED) is 0.915. The number of hydrogen-bond donors (Lipinski definition) is 1. The van der Waals surface area contributed by atoms with Crippen molar-refractivity contribution in [2.45, 2.75) is 13.5 Å². The summed E-state index contributed by atoms with van der Waals surface area (Å²) < 4.78 is 5.23. The molecule has 4 heteroatoms. The number of hydrogen-bond acceptors (Lipinski definition) is 4. The lowest BCUT2D eigenvalue weighted by molar-refractivity contribution is 0.281. The minimum absolute atomic E-state index is 0.0109. The first-order chi connectivity index (χ1) is 9.15. The third-order valence-corrected chi connectivity index (χ3v) is 3.05. The number of aryl methyl sites for hydroxylation is 1. The Hall–Kier alpha value is -2.07. The highest BCUT2D eigenvalue weighted by atomic mass is 16.5. The Morgan fingerprint density at radius 2 is 2.11 bits per heavy atom. The number of anilines is 2. The second-order valence-corrected chi connectivity index (χ2v) is 4.40. The fraction of sp³-hybridized carbons (Fsp3) is 0.267. The number of benzene rings is 1. The maximum absolute atomic E-state index is 9.11. The van der Waals surface area contributed by atoms with Gasteiger partial charge in [-0.25, -0.2) is 4.98 Å². The lowest BCUT2D eigenvalue weighted by Crippen LogP contribution is -2.13. The first kappa shape index (κ1) is 13.4. The molecule has 1 aromatic heterocycles. The molecule has 0 aliphatic rings. The Bertz CT molecular complexity index is 570. The minimum atomic E-state index is 0.0109. The minimum Gasteiger partial charge on any atom is -0.497 e. The van der Waals surface area contributed by atoms with Crippen molar-refractivity contribution >= 4 is 11.5 Å². The molecule has 0 saturated carbocycles. The number of rotatable bonds is 4. The Morgan fingerprint density at radius 1 is 1.32 bits per heavy atom. The summed E-state index contributed by atoms with van der Waals surface area (Å²) in [5, 5.41) is 9.11. The van der Waals surface area contributed by atoms with E-state index in [0.717, 1.165) is 28.4 Å². The molecule has 1 heterocycles. The summed E-state index contributed by atoms with van der Waals surface area (Å²) in [6.45, 7) is 2.00. The molecule has 0 radical (unpaired) electrons. The first-order valence-corrected chi connectivity index (χ1v) is 6.10. The van der Waals surface area contributed by atoms with Crippen molar-refractivity contribution in [3.05, 3.63) is 47.7 Å². The van der Waals surface area contributed by atoms with Crippen molar-refractivity contribution in [2.75, 3.05) is 19.1 Å². The van der Waals surface area contributed by atoms with E-state index in [4.69, 9.17) is 9.84 Å². The maximum Gasteiger partial charge on any atom is 0.135 e. The molecule has 0 aliphatic carbocycles. The number of aliphatic hydroxyl groups is 1. The summed E-state index contributed by atoms with van der Waals surface area (Å²) >= 11 is 0. The molecule has 0 saturated heterocycles. The van der Waals surface area contributed by atoms with Gasteiger partial charge >= 0.3 is 0 Å². The van der Waals surface area contributed by atoms with Crippen LogP contribution >= 0.6 is 0 Å². The molecule has 2 aromatic rings. The molecule has 0 amide bonds. The van der Waals surface area contributed by atoms with Crippen molar-refractivity contribution < 1.29 is 9.84 Å². The van der Waals surface area contributed by atoms with E-state index in [0.29, 0.717) is 0 Å². The van der Waals surface area contributed by atoms with E-state index < -0.39 is 0 Å². The molecule has 0 unspecified atom stereocenters. The van der Waals surface area contributed by atoms with Gasteiger partial charge in [-0.2, -0.15) is 0 Å². The van der Waals surface area contributed by atoms with Crippen LogP contribution < -0.4 is 9.64 Å². The molecular formula is C15H18N2O2. The van der Waals surface area contributed by atoms with Crippen molar-refractivity contribution in [3.63, 3.8) is 0 Å². The van der Waals surface area contributed by atoms with Gasteiger partial charge in [-0.15, -0.1) is 0 Å². The largest absolute Gasteiger partial charge is 0.497 e. The molecule has 100 valence electrons. The zero-order valence-corrected chi connectivity index (χ0v) is 11.4. The lowest BCUT2D eigenvalue weighted by Gasteiger charge is -2.21. The van der Waals surface area contributed by atoms with E-state index >= 15 is 0 Å². The summed E-state index contributed by atoms with van der Waals surface area (Å²) in [5.41, 5.74) is 2.85. The number of ether oxygens (including phenoxy) is 1. The Kier molecular flexibility index (Phi) is 4.02. The van der Waals surface area contributed by atoms with Gasteiger partial charge in [-0.05, 0) is 36.2 Å².